The number of carboxylic acid groups (broad SMARTS) is 1. The first kappa shape index (κ1) is 12.3. The Morgan fingerprint density at radius 2 is 2.25 bits per heavy atom. The Balaban J connectivity index is 2.71. The molecule has 0 spiro atoms. The molecule has 0 radical (unpaired) electrons. The van der Waals surface area contributed by atoms with Gasteiger partial charge in [-0.1, -0.05) is 18.2 Å². The molecular weight excluding hydrogens is 202 g/mol. The van der Waals surface area contributed by atoms with Crippen LogP contribution in [0.1, 0.15) is 12.5 Å². The van der Waals surface area contributed by atoms with Crippen molar-refractivity contribution >= 4 is 11.7 Å². The molecule has 0 amide bonds. The average Bonchev–Trinajstić information content (AvgIpc) is 2.24. The summed E-state index contributed by atoms with van der Waals surface area (Å²) in [6.45, 7) is 5.57. The van der Waals surface area contributed by atoms with Crippen molar-refractivity contribution < 1.29 is 9.90 Å². The molecule has 0 saturated carbocycles. The molecule has 0 unspecified atom stereocenters. The molecular formula is C13H17NO2. The van der Waals surface area contributed by atoms with Gasteiger partial charge in [0.05, 0.1) is 0 Å². The zero-order valence-electron chi connectivity index (χ0n) is 9.68. The van der Waals surface area contributed by atoms with Crippen molar-refractivity contribution in [1.82, 2.24) is 0 Å². The third kappa shape index (κ3) is 3.77. The number of nitrogens with zero attached hydrogens (tertiary/aromatic N) is 1. The minimum atomic E-state index is -0.903. The van der Waals surface area contributed by atoms with E-state index in [2.05, 4.69) is 17.9 Å². The monoisotopic (exact) mass is 219 g/mol. The van der Waals surface area contributed by atoms with E-state index in [1.54, 1.807) is 6.08 Å². The van der Waals surface area contributed by atoms with Crippen LogP contribution >= 0.6 is 0 Å². The lowest BCUT2D eigenvalue weighted by Crippen LogP contribution is -2.22. The first-order valence-corrected chi connectivity index (χ1v) is 5.34. The Morgan fingerprint density at radius 3 is 2.81 bits per heavy atom. The molecule has 0 fully saturated rings. The van der Waals surface area contributed by atoms with E-state index in [0.717, 1.165) is 12.2 Å². The molecule has 1 N–H and O–H groups in total. The van der Waals surface area contributed by atoms with E-state index in [9.17, 15) is 4.79 Å². The zero-order valence-corrected chi connectivity index (χ0v) is 9.68. The largest absolute Gasteiger partial charge is 0.478 e. The molecule has 3 nitrogen and oxygen atoms in total. The minimum absolute atomic E-state index is 0.617. The maximum atomic E-state index is 10.4. The SMILES string of the molecule is CCN(C/C=C/C(=O)O)c1cccc(C)c1. The van der Waals surface area contributed by atoms with Gasteiger partial charge in [-0.15, -0.1) is 0 Å². The van der Waals surface area contributed by atoms with Gasteiger partial charge in [-0.2, -0.15) is 0 Å². The lowest BCUT2D eigenvalue weighted by atomic mass is 10.2. The fourth-order valence-electron chi connectivity index (χ4n) is 1.52. The standard InChI is InChI=1S/C13H17NO2/c1-3-14(9-5-8-13(15)16)12-7-4-6-11(2)10-12/h4-8,10H,3,9H2,1-2H3,(H,15,16)/b8-5+. The van der Waals surface area contributed by atoms with Crippen LogP contribution in [0.4, 0.5) is 5.69 Å². The number of anilines is 1. The van der Waals surface area contributed by atoms with Crippen molar-refractivity contribution in [2.45, 2.75) is 13.8 Å². The third-order valence-electron chi connectivity index (χ3n) is 2.33. The summed E-state index contributed by atoms with van der Waals surface area (Å²) in [5.74, 6) is -0.903. The fourth-order valence-corrected chi connectivity index (χ4v) is 1.52. The minimum Gasteiger partial charge on any atom is -0.478 e. The Morgan fingerprint density at radius 1 is 1.50 bits per heavy atom. The van der Waals surface area contributed by atoms with Gasteiger partial charge in [0.2, 0.25) is 0 Å². The van der Waals surface area contributed by atoms with E-state index in [-0.39, 0.29) is 0 Å². The van der Waals surface area contributed by atoms with Crippen LogP contribution in [0.25, 0.3) is 0 Å². The van der Waals surface area contributed by atoms with Gasteiger partial charge in [-0.05, 0) is 31.5 Å². The van der Waals surface area contributed by atoms with E-state index in [4.69, 9.17) is 5.11 Å². The maximum absolute atomic E-state index is 10.4. The molecule has 1 rings (SSSR count). The number of carboxylic acids is 1. The first-order valence-electron chi connectivity index (χ1n) is 5.34. The molecule has 0 aliphatic heterocycles. The molecule has 86 valence electrons. The molecule has 3 heteroatoms. The van der Waals surface area contributed by atoms with Crippen LogP contribution in [0, 0.1) is 6.92 Å². The molecule has 0 aliphatic carbocycles. The van der Waals surface area contributed by atoms with E-state index in [0.29, 0.717) is 6.54 Å². The second kappa shape index (κ2) is 5.95. The molecule has 16 heavy (non-hydrogen) atoms. The highest BCUT2D eigenvalue weighted by atomic mass is 16.4. The number of hydrogen-bond donors (Lipinski definition) is 1. The molecule has 0 aromatic heterocycles. The molecule has 0 aliphatic rings. The maximum Gasteiger partial charge on any atom is 0.328 e. The number of rotatable bonds is 5. The van der Waals surface area contributed by atoms with Crippen LogP contribution in [-0.2, 0) is 4.79 Å². The summed E-state index contributed by atoms with van der Waals surface area (Å²) in [5, 5.41) is 8.51. The quantitative estimate of drug-likeness (QED) is 0.773. The molecule has 0 saturated heterocycles. The van der Waals surface area contributed by atoms with Gasteiger partial charge in [0.1, 0.15) is 0 Å². The summed E-state index contributed by atoms with van der Waals surface area (Å²) in [5.41, 5.74) is 2.33. The molecule has 0 heterocycles. The summed E-state index contributed by atoms with van der Waals surface area (Å²) in [7, 11) is 0. The number of carbonyl (C=O) groups is 1. The van der Waals surface area contributed by atoms with Crippen LogP contribution in [0.2, 0.25) is 0 Å². The second-order valence-corrected chi connectivity index (χ2v) is 3.62. The third-order valence-corrected chi connectivity index (χ3v) is 2.33. The Kier molecular flexibility index (Phi) is 4.58. The second-order valence-electron chi connectivity index (χ2n) is 3.62. The Hall–Kier alpha value is -1.77. The highest BCUT2D eigenvalue weighted by Crippen LogP contribution is 2.15. The van der Waals surface area contributed by atoms with Gasteiger partial charge in [-0.3, -0.25) is 0 Å². The Labute approximate surface area is 96.0 Å². The highest BCUT2D eigenvalue weighted by molar-refractivity contribution is 5.79. The number of benzene rings is 1. The predicted octanol–water partition coefficient (Wildman–Crippen LogP) is 2.46. The van der Waals surface area contributed by atoms with E-state index >= 15 is 0 Å². The normalized spacial score (nSPS) is 10.6. The van der Waals surface area contributed by atoms with E-state index in [1.807, 2.05) is 25.1 Å². The smallest absolute Gasteiger partial charge is 0.328 e. The van der Waals surface area contributed by atoms with Gasteiger partial charge in [0.15, 0.2) is 0 Å². The summed E-state index contributed by atoms with van der Waals surface area (Å²) in [6.07, 6.45) is 2.84. The topological polar surface area (TPSA) is 40.5 Å². The van der Waals surface area contributed by atoms with Crippen LogP contribution in [-0.4, -0.2) is 24.2 Å². The van der Waals surface area contributed by atoms with Crippen molar-refractivity contribution in [3.8, 4) is 0 Å². The van der Waals surface area contributed by atoms with Crippen molar-refractivity contribution in [2.75, 3.05) is 18.0 Å². The van der Waals surface area contributed by atoms with E-state index < -0.39 is 5.97 Å². The molecule has 1 aromatic carbocycles. The molecule has 0 bridgehead atoms. The van der Waals surface area contributed by atoms with Crippen LogP contribution < -0.4 is 4.90 Å². The number of aliphatic carboxylic acids is 1. The first-order chi connectivity index (χ1) is 7.63. The molecule has 1 aromatic rings. The Bertz CT molecular complexity index is 385. The summed E-state index contributed by atoms with van der Waals surface area (Å²) in [6, 6.07) is 8.18. The highest BCUT2D eigenvalue weighted by Gasteiger charge is 2.01. The van der Waals surface area contributed by atoms with Crippen molar-refractivity contribution in [2.24, 2.45) is 0 Å². The van der Waals surface area contributed by atoms with E-state index in [1.165, 1.54) is 11.6 Å². The van der Waals surface area contributed by atoms with Gasteiger partial charge < -0.3 is 10.0 Å². The van der Waals surface area contributed by atoms with Gasteiger partial charge >= 0.3 is 5.97 Å². The van der Waals surface area contributed by atoms with Gasteiger partial charge in [-0.25, -0.2) is 4.79 Å². The summed E-state index contributed by atoms with van der Waals surface area (Å²) >= 11 is 0. The lowest BCUT2D eigenvalue weighted by Gasteiger charge is -2.21. The number of hydrogen-bond acceptors (Lipinski definition) is 2. The molecule has 0 atom stereocenters. The van der Waals surface area contributed by atoms with Crippen LogP contribution in [0.5, 0.6) is 0 Å². The average molecular weight is 219 g/mol. The van der Waals surface area contributed by atoms with Crippen molar-refractivity contribution in [3.05, 3.63) is 42.0 Å². The number of aryl methyl sites for hydroxylation is 1. The predicted molar refractivity (Wildman–Crippen MR) is 65.8 cm³/mol. The van der Waals surface area contributed by atoms with Gasteiger partial charge in [0.25, 0.3) is 0 Å². The van der Waals surface area contributed by atoms with Gasteiger partial charge in [0, 0.05) is 24.9 Å². The van der Waals surface area contributed by atoms with Crippen LogP contribution in [0.3, 0.4) is 0 Å². The zero-order chi connectivity index (χ0) is 12.0. The van der Waals surface area contributed by atoms with Crippen molar-refractivity contribution in [1.29, 1.82) is 0 Å². The number of likely N-dealkylation sites (N-methyl/N-ethyl adjacent to an activating group) is 1. The summed E-state index contributed by atoms with van der Waals surface area (Å²) < 4.78 is 0. The fraction of sp³-hybridized carbons (Fsp3) is 0.308. The lowest BCUT2D eigenvalue weighted by molar-refractivity contribution is -0.131. The summed E-state index contributed by atoms with van der Waals surface area (Å²) in [4.78, 5) is 12.5. The van der Waals surface area contributed by atoms with Crippen LogP contribution in [0.15, 0.2) is 36.4 Å². The van der Waals surface area contributed by atoms with Crippen molar-refractivity contribution in [3.63, 3.8) is 0 Å².